The molecule has 0 aliphatic heterocycles. The van der Waals surface area contributed by atoms with E-state index in [1.54, 1.807) is 6.92 Å². The molecule has 3 N–H and O–H groups in total. The van der Waals surface area contributed by atoms with E-state index in [1.807, 2.05) is 25.1 Å². The van der Waals surface area contributed by atoms with Crippen molar-refractivity contribution in [2.75, 3.05) is 10.6 Å². The van der Waals surface area contributed by atoms with Crippen molar-refractivity contribution in [2.45, 2.75) is 33.1 Å². The first kappa shape index (κ1) is 15.4. The number of rotatable bonds is 4. The lowest BCUT2D eigenvalue weighted by molar-refractivity contribution is -0.119. The zero-order chi connectivity index (χ0) is 15.4. The maximum atomic E-state index is 11.8. The summed E-state index contributed by atoms with van der Waals surface area (Å²) in [6, 6.07) is 5.57. The van der Waals surface area contributed by atoms with E-state index in [2.05, 4.69) is 16.0 Å². The molecule has 1 aliphatic carbocycles. The largest absolute Gasteiger partial charge is 0.332 e. The minimum absolute atomic E-state index is 0.0668. The van der Waals surface area contributed by atoms with Gasteiger partial charge in [0.15, 0.2) is 5.11 Å². The maximum absolute atomic E-state index is 11.8. The van der Waals surface area contributed by atoms with Crippen LogP contribution in [0.2, 0.25) is 0 Å². The fourth-order valence-corrected chi connectivity index (χ4v) is 2.02. The van der Waals surface area contributed by atoms with E-state index in [9.17, 15) is 9.59 Å². The molecule has 1 aromatic rings. The number of aryl methyl sites for hydroxylation is 1. The number of carbonyl (C=O) groups excluding carboxylic acids is 2. The van der Waals surface area contributed by atoms with Crippen molar-refractivity contribution in [3.63, 3.8) is 0 Å². The predicted molar refractivity (Wildman–Crippen MR) is 87.2 cm³/mol. The standard InChI is InChI=1S/C15H19N3O2S/c1-3-13(19)18-15(21)16-11-7-4-9(2)12(8-11)17-14(20)10-5-6-10/h4,7-8,10H,3,5-6H2,1-2H3,(H,17,20)(H2,16,18,19,21). The predicted octanol–water partition coefficient (Wildman–Crippen LogP) is 2.57. The number of anilines is 2. The van der Waals surface area contributed by atoms with E-state index in [4.69, 9.17) is 12.2 Å². The fraction of sp³-hybridized carbons (Fsp3) is 0.400. The first-order valence-corrected chi connectivity index (χ1v) is 7.42. The van der Waals surface area contributed by atoms with Gasteiger partial charge in [-0.25, -0.2) is 0 Å². The minimum Gasteiger partial charge on any atom is -0.332 e. The summed E-state index contributed by atoms with van der Waals surface area (Å²) in [5.74, 6) is 0.0879. The number of carbonyl (C=O) groups is 2. The highest BCUT2D eigenvalue weighted by Crippen LogP contribution is 2.31. The Bertz CT molecular complexity index is 582. The molecule has 0 bridgehead atoms. The van der Waals surface area contributed by atoms with Gasteiger partial charge in [-0.1, -0.05) is 13.0 Å². The highest BCUT2D eigenvalue weighted by molar-refractivity contribution is 7.80. The van der Waals surface area contributed by atoms with E-state index in [-0.39, 0.29) is 22.8 Å². The number of thiocarbonyl (C=S) groups is 1. The van der Waals surface area contributed by atoms with Gasteiger partial charge in [-0.15, -0.1) is 0 Å². The van der Waals surface area contributed by atoms with Crippen molar-refractivity contribution in [1.29, 1.82) is 0 Å². The summed E-state index contributed by atoms with van der Waals surface area (Å²) in [6.07, 6.45) is 2.31. The highest BCUT2D eigenvalue weighted by Gasteiger charge is 2.29. The van der Waals surface area contributed by atoms with Crippen molar-refractivity contribution in [1.82, 2.24) is 5.32 Å². The summed E-state index contributed by atoms with van der Waals surface area (Å²) >= 11 is 5.06. The zero-order valence-corrected chi connectivity index (χ0v) is 13.0. The van der Waals surface area contributed by atoms with Crippen molar-refractivity contribution in [3.05, 3.63) is 23.8 Å². The van der Waals surface area contributed by atoms with Crippen LogP contribution >= 0.6 is 12.2 Å². The van der Waals surface area contributed by atoms with Gasteiger partial charge in [0.25, 0.3) is 0 Å². The smallest absolute Gasteiger partial charge is 0.227 e. The van der Waals surface area contributed by atoms with Crippen molar-refractivity contribution in [2.24, 2.45) is 5.92 Å². The lowest BCUT2D eigenvalue weighted by atomic mass is 10.1. The molecule has 0 atom stereocenters. The molecule has 21 heavy (non-hydrogen) atoms. The summed E-state index contributed by atoms with van der Waals surface area (Å²) in [5, 5.41) is 8.70. The molecule has 6 heteroatoms. The monoisotopic (exact) mass is 305 g/mol. The molecule has 2 rings (SSSR count). The molecule has 0 aromatic heterocycles. The molecular weight excluding hydrogens is 286 g/mol. The van der Waals surface area contributed by atoms with Gasteiger partial charge in [0.1, 0.15) is 0 Å². The van der Waals surface area contributed by atoms with Gasteiger partial charge in [-0.3, -0.25) is 9.59 Å². The SMILES string of the molecule is CCC(=O)NC(=S)Nc1ccc(C)c(NC(=O)C2CC2)c1. The topological polar surface area (TPSA) is 70.2 Å². The second-order valence-electron chi connectivity index (χ2n) is 5.15. The third-order valence-corrected chi connectivity index (χ3v) is 3.48. The zero-order valence-electron chi connectivity index (χ0n) is 12.2. The van der Waals surface area contributed by atoms with Gasteiger partial charge in [0.2, 0.25) is 11.8 Å². The molecule has 0 saturated heterocycles. The van der Waals surface area contributed by atoms with Gasteiger partial charge >= 0.3 is 0 Å². The third-order valence-electron chi connectivity index (χ3n) is 3.28. The van der Waals surface area contributed by atoms with Crippen LogP contribution in [-0.2, 0) is 9.59 Å². The Kier molecular flexibility index (Phi) is 4.90. The summed E-state index contributed by atoms with van der Waals surface area (Å²) in [5.41, 5.74) is 2.48. The molecule has 0 heterocycles. The Morgan fingerprint density at radius 1 is 1.29 bits per heavy atom. The molecule has 1 aliphatic rings. The second-order valence-corrected chi connectivity index (χ2v) is 5.56. The Hall–Kier alpha value is -1.95. The molecule has 2 amide bonds. The van der Waals surface area contributed by atoms with Gasteiger partial charge < -0.3 is 16.0 Å². The number of hydrogen-bond donors (Lipinski definition) is 3. The van der Waals surface area contributed by atoms with Crippen LogP contribution in [0.4, 0.5) is 11.4 Å². The molecule has 0 unspecified atom stereocenters. The quantitative estimate of drug-likeness (QED) is 0.748. The van der Waals surface area contributed by atoms with Crippen LogP contribution in [0.3, 0.4) is 0 Å². The van der Waals surface area contributed by atoms with Crippen LogP contribution in [0, 0.1) is 12.8 Å². The van der Waals surface area contributed by atoms with Gasteiger partial charge in [-0.05, 0) is 49.7 Å². The fourth-order valence-electron chi connectivity index (χ4n) is 1.79. The Morgan fingerprint density at radius 2 is 2.00 bits per heavy atom. The first-order chi connectivity index (χ1) is 9.99. The Morgan fingerprint density at radius 3 is 2.62 bits per heavy atom. The molecule has 1 aromatic carbocycles. The van der Waals surface area contributed by atoms with E-state index in [1.165, 1.54) is 0 Å². The van der Waals surface area contributed by atoms with E-state index in [0.717, 1.165) is 29.8 Å². The average Bonchev–Trinajstić information content (AvgIpc) is 3.26. The molecule has 112 valence electrons. The summed E-state index contributed by atoms with van der Waals surface area (Å²) in [6.45, 7) is 3.69. The third kappa shape index (κ3) is 4.53. The van der Waals surface area contributed by atoms with Gasteiger partial charge in [0, 0.05) is 23.7 Å². The van der Waals surface area contributed by atoms with E-state index >= 15 is 0 Å². The van der Waals surface area contributed by atoms with Gasteiger partial charge in [-0.2, -0.15) is 0 Å². The molecule has 5 nitrogen and oxygen atoms in total. The maximum Gasteiger partial charge on any atom is 0.227 e. The van der Waals surface area contributed by atoms with Crippen molar-refractivity contribution in [3.8, 4) is 0 Å². The summed E-state index contributed by atoms with van der Waals surface area (Å²) in [7, 11) is 0. The lowest BCUT2D eigenvalue weighted by Gasteiger charge is -2.13. The number of nitrogens with one attached hydrogen (secondary N) is 3. The van der Waals surface area contributed by atoms with Crippen molar-refractivity contribution >= 4 is 40.5 Å². The van der Waals surface area contributed by atoms with Crippen LogP contribution in [0.5, 0.6) is 0 Å². The molecule has 1 fully saturated rings. The van der Waals surface area contributed by atoms with E-state index < -0.39 is 0 Å². The normalized spacial score (nSPS) is 13.4. The van der Waals surface area contributed by atoms with Crippen LogP contribution in [0.25, 0.3) is 0 Å². The lowest BCUT2D eigenvalue weighted by Crippen LogP contribution is -2.33. The number of hydrogen-bond acceptors (Lipinski definition) is 3. The van der Waals surface area contributed by atoms with Crippen LogP contribution in [0.1, 0.15) is 31.7 Å². The molecule has 0 spiro atoms. The number of benzene rings is 1. The van der Waals surface area contributed by atoms with Crippen LogP contribution < -0.4 is 16.0 Å². The minimum atomic E-state index is -0.137. The first-order valence-electron chi connectivity index (χ1n) is 7.02. The highest BCUT2D eigenvalue weighted by atomic mass is 32.1. The van der Waals surface area contributed by atoms with Gasteiger partial charge in [0.05, 0.1) is 0 Å². The summed E-state index contributed by atoms with van der Waals surface area (Å²) < 4.78 is 0. The average molecular weight is 305 g/mol. The number of amides is 2. The molecular formula is C15H19N3O2S. The van der Waals surface area contributed by atoms with Crippen LogP contribution in [0.15, 0.2) is 18.2 Å². The second kappa shape index (κ2) is 6.67. The van der Waals surface area contributed by atoms with Crippen LogP contribution in [-0.4, -0.2) is 16.9 Å². The Balaban J connectivity index is 2.01. The van der Waals surface area contributed by atoms with E-state index in [0.29, 0.717) is 6.42 Å². The summed E-state index contributed by atoms with van der Waals surface area (Å²) in [4.78, 5) is 23.1. The Labute approximate surface area is 129 Å². The van der Waals surface area contributed by atoms with Crippen molar-refractivity contribution < 1.29 is 9.59 Å². The molecule has 0 radical (unpaired) electrons. The molecule has 1 saturated carbocycles.